The van der Waals surface area contributed by atoms with Gasteiger partial charge in [0.15, 0.2) is 5.65 Å². The topological polar surface area (TPSA) is 144 Å². The van der Waals surface area contributed by atoms with Gasteiger partial charge < -0.3 is 21.1 Å². The van der Waals surface area contributed by atoms with Gasteiger partial charge in [-0.15, -0.1) is 0 Å². The molecule has 0 spiro atoms. The number of benzene rings is 1. The van der Waals surface area contributed by atoms with Crippen molar-refractivity contribution in [3.63, 3.8) is 0 Å². The standard InChI is InChI=1S/C25H27Cl2FN8O2/c1-25(22(30)37)5-2-14(3-6-25)36-21-19(11-31-23(35-21)32-18-4-7-38-12-17(18)28)33-24(36)34-20-15(26)8-13(10-29)9-16(20)27/h8-9,11,14,17-18H,2-7,12H2,1H3,(H2,30,37)(H,33,34)(H,31,32,35)/t14-,17-,18+,25+/m1/s1. The Kier molecular flexibility index (Phi) is 7.31. The number of nitrogens with two attached hydrogens (primary N) is 1. The van der Waals surface area contributed by atoms with E-state index in [0.717, 1.165) is 0 Å². The number of anilines is 3. The minimum atomic E-state index is -1.17. The molecule has 2 fully saturated rings. The van der Waals surface area contributed by atoms with Crippen LogP contribution in [0.3, 0.4) is 0 Å². The minimum Gasteiger partial charge on any atom is -0.378 e. The van der Waals surface area contributed by atoms with Crippen LogP contribution in [-0.2, 0) is 9.53 Å². The van der Waals surface area contributed by atoms with Crippen molar-refractivity contribution in [2.24, 2.45) is 11.1 Å². The van der Waals surface area contributed by atoms with E-state index < -0.39 is 17.6 Å². The van der Waals surface area contributed by atoms with Gasteiger partial charge in [-0.2, -0.15) is 10.2 Å². The van der Waals surface area contributed by atoms with Crippen molar-refractivity contribution in [3.8, 4) is 6.07 Å². The van der Waals surface area contributed by atoms with E-state index in [1.165, 1.54) is 12.1 Å². The molecular formula is C25H27Cl2FN8O2. The van der Waals surface area contributed by atoms with Gasteiger partial charge in [0.05, 0.1) is 46.2 Å². The summed E-state index contributed by atoms with van der Waals surface area (Å²) in [6.07, 6.45) is 3.44. The second-order valence-corrected chi connectivity index (χ2v) is 10.9. The van der Waals surface area contributed by atoms with Crippen molar-refractivity contribution < 1.29 is 13.9 Å². The summed E-state index contributed by atoms with van der Waals surface area (Å²) >= 11 is 12.9. The van der Waals surface area contributed by atoms with Crippen LogP contribution in [0.25, 0.3) is 11.2 Å². The number of hydrogen-bond donors (Lipinski definition) is 3. The van der Waals surface area contributed by atoms with E-state index in [4.69, 9.17) is 43.6 Å². The zero-order valence-corrected chi connectivity index (χ0v) is 22.2. The summed E-state index contributed by atoms with van der Waals surface area (Å²) in [5.74, 6) is 0.404. The van der Waals surface area contributed by atoms with Crippen LogP contribution < -0.4 is 16.4 Å². The van der Waals surface area contributed by atoms with E-state index in [-0.39, 0.29) is 34.5 Å². The van der Waals surface area contributed by atoms with Gasteiger partial charge >= 0.3 is 0 Å². The monoisotopic (exact) mass is 560 g/mol. The molecule has 38 heavy (non-hydrogen) atoms. The molecule has 1 amide bonds. The van der Waals surface area contributed by atoms with E-state index in [0.29, 0.717) is 67.1 Å². The van der Waals surface area contributed by atoms with Gasteiger partial charge in [0.25, 0.3) is 0 Å². The van der Waals surface area contributed by atoms with Crippen LogP contribution in [0.5, 0.6) is 0 Å². The number of hydrogen-bond acceptors (Lipinski definition) is 8. The first-order chi connectivity index (χ1) is 18.2. The Morgan fingerprint density at radius 1 is 1.26 bits per heavy atom. The van der Waals surface area contributed by atoms with Crippen LogP contribution in [0.2, 0.25) is 10.0 Å². The number of carbonyl (C=O) groups excluding carboxylic acids is 1. The van der Waals surface area contributed by atoms with Gasteiger partial charge in [0.1, 0.15) is 11.7 Å². The highest BCUT2D eigenvalue weighted by molar-refractivity contribution is 6.39. The Labute approximate surface area is 228 Å². The highest BCUT2D eigenvalue weighted by atomic mass is 35.5. The molecule has 13 heteroatoms. The van der Waals surface area contributed by atoms with E-state index in [1.54, 1.807) is 6.20 Å². The number of nitrogens with zero attached hydrogens (tertiary/aromatic N) is 5. The molecular weight excluding hydrogens is 534 g/mol. The Bertz CT molecular complexity index is 1390. The number of primary amides is 1. The molecule has 0 radical (unpaired) electrons. The quantitative estimate of drug-likeness (QED) is 0.386. The lowest BCUT2D eigenvalue weighted by Crippen LogP contribution is -2.39. The molecule has 0 bridgehead atoms. The number of carbonyl (C=O) groups is 1. The second kappa shape index (κ2) is 10.5. The number of imidazole rings is 1. The number of nitriles is 1. The molecule has 200 valence electrons. The second-order valence-electron chi connectivity index (χ2n) is 10.0. The first kappa shape index (κ1) is 26.4. The summed E-state index contributed by atoms with van der Waals surface area (Å²) < 4.78 is 21.5. The summed E-state index contributed by atoms with van der Waals surface area (Å²) in [4.78, 5) is 25.8. The molecule has 4 N–H and O–H groups in total. The number of fused-ring (bicyclic) bond motifs is 1. The van der Waals surface area contributed by atoms with Crippen LogP contribution in [0, 0.1) is 16.7 Å². The van der Waals surface area contributed by atoms with Gasteiger partial charge in [-0.05, 0) is 44.2 Å². The van der Waals surface area contributed by atoms with Crippen LogP contribution >= 0.6 is 23.2 Å². The minimum absolute atomic E-state index is 0.0265. The lowest BCUT2D eigenvalue weighted by Gasteiger charge is -2.35. The number of nitrogens with one attached hydrogen (secondary N) is 2. The fourth-order valence-corrected chi connectivity index (χ4v) is 5.62. The van der Waals surface area contributed by atoms with E-state index >= 15 is 0 Å². The SMILES string of the molecule is C[C@]1(C(N)=O)CC[C@@H](n2c(Nc3c(Cl)cc(C#N)cc3Cl)nc3cnc(N[C@H]4CCOC[C@H]4F)nc32)CC1. The third-order valence-electron chi connectivity index (χ3n) is 7.46. The number of halogens is 3. The Hall–Kier alpha value is -3.20. The smallest absolute Gasteiger partial charge is 0.225 e. The largest absolute Gasteiger partial charge is 0.378 e. The lowest BCUT2D eigenvalue weighted by atomic mass is 9.73. The van der Waals surface area contributed by atoms with Gasteiger partial charge in [-0.25, -0.2) is 14.4 Å². The summed E-state index contributed by atoms with van der Waals surface area (Å²) in [6, 6.07) is 4.54. The third-order valence-corrected chi connectivity index (χ3v) is 8.06. The van der Waals surface area contributed by atoms with Crippen molar-refractivity contribution in [3.05, 3.63) is 33.9 Å². The predicted octanol–water partition coefficient (Wildman–Crippen LogP) is 4.89. The average Bonchev–Trinajstić information content (AvgIpc) is 3.25. The molecule has 2 aliphatic rings. The predicted molar refractivity (Wildman–Crippen MR) is 142 cm³/mol. The van der Waals surface area contributed by atoms with Gasteiger partial charge in [-0.1, -0.05) is 30.1 Å². The Balaban J connectivity index is 1.54. The molecule has 3 aromatic rings. The molecule has 1 aliphatic heterocycles. The van der Waals surface area contributed by atoms with E-state index in [2.05, 4.69) is 15.6 Å². The van der Waals surface area contributed by atoms with Crippen molar-refractivity contribution in [1.82, 2.24) is 19.5 Å². The average molecular weight is 561 g/mol. The zero-order chi connectivity index (χ0) is 27.0. The van der Waals surface area contributed by atoms with Gasteiger partial charge in [0, 0.05) is 18.1 Å². The lowest BCUT2D eigenvalue weighted by molar-refractivity contribution is -0.128. The first-order valence-electron chi connectivity index (χ1n) is 12.4. The number of ether oxygens (including phenoxy) is 1. The molecule has 1 aliphatic carbocycles. The Morgan fingerprint density at radius 3 is 2.61 bits per heavy atom. The van der Waals surface area contributed by atoms with E-state index in [1.807, 2.05) is 17.6 Å². The highest BCUT2D eigenvalue weighted by Crippen LogP contribution is 2.43. The molecule has 5 rings (SSSR count). The molecule has 2 aromatic heterocycles. The Morgan fingerprint density at radius 2 is 1.97 bits per heavy atom. The van der Waals surface area contributed by atoms with Crippen molar-refractivity contribution in [1.29, 1.82) is 5.26 Å². The maximum Gasteiger partial charge on any atom is 0.225 e. The summed E-state index contributed by atoms with van der Waals surface area (Å²) in [6.45, 7) is 2.37. The summed E-state index contributed by atoms with van der Waals surface area (Å²) in [7, 11) is 0. The van der Waals surface area contributed by atoms with Gasteiger partial charge in [0.2, 0.25) is 17.8 Å². The third kappa shape index (κ3) is 5.08. The van der Waals surface area contributed by atoms with Crippen molar-refractivity contribution in [2.75, 3.05) is 23.8 Å². The first-order valence-corrected chi connectivity index (χ1v) is 13.1. The molecule has 0 unspecified atom stereocenters. The molecule has 1 aromatic carbocycles. The maximum atomic E-state index is 14.4. The molecule has 1 saturated carbocycles. The van der Waals surface area contributed by atoms with Crippen LogP contribution in [0.4, 0.5) is 22.0 Å². The number of aromatic nitrogens is 4. The zero-order valence-electron chi connectivity index (χ0n) is 20.7. The van der Waals surface area contributed by atoms with Crippen molar-refractivity contribution >= 4 is 57.9 Å². The number of amides is 1. The fourth-order valence-electron chi connectivity index (χ4n) is 5.04. The van der Waals surface area contributed by atoms with Crippen LogP contribution in [-0.4, -0.2) is 50.9 Å². The van der Waals surface area contributed by atoms with Crippen molar-refractivity contribution in [2.45, 2.75) is 57.3 Å². The normalized spacial score (nSPS) is 25.6. The summed E-state index contributed by atoms with van der Waals surface area (Å²) in [5.41, 5.74) is 6.88. The number of rotatable bonds is 6. The number of alkyl halides is 1. The molecule has 2 atom stereocenters. The fraction of sp³-hybridized carbons (Fsp3) is 0.480. The molecule has 3 heterocycles. The highest BCUT2D eigenvalue weighted by Gasteiger charge is 2.38. The van der Waals surface area contributed by atoms with E-state index in [9.17, 15) is 14.4 Å². The summed E-state index contributed by atoms with van der Waals surface area (Å²) in [5, 5.41) is 16.1. The van der Waals surface area contributed by atoms with Crippen LogP contribution in [0.15, 0.2) is 18.3 Å². The molecule has 10 nitrogen and oxygen atoms in total. The van der Waals surface area contributed by atoms with Crippen LogP contribution in [0.1, 0.15) is 50.6 Å². The van der Waals surface area contributed by atoms with Gasteiger partial charge in [-0.3, -0.25) is 9.36 Å². The molecule has 1 saturated heterocycles. The maximum absolute atomic E-state index is 14.4.